The van der Waals surface area contributed by atoms with Gasteiger partial charge in [-0.05, 0) is 68.0 Å². The molecule has 2 N–H and O–H groups in total. The highest BCUT2D eigenvalue weighted by atomic mass is 16.5. The summed E-state index contributed by atoms with van der Waals surface area (Å²) in [5.41, 5.74) is 1.20. The maximum absolute atomic E-state index is 12.9. The summed E-state index contributed by atoms with van der Waals surface area (Å²) in [5, 5.41) is 12.2. The third-order valence-corrected chi connectivity index (χ3v) is 5.04. The number of nitrogens with one attached hydrogen (secondary N) is 1. The number of methoxy groups -OCH3 is 1. The van der Waals surface area contributed by atoms with E-state index in [1.54, 1.807) is 19.2 Å². The molecule has 0 heterocycles. The van der Waals surface area contributed by atoms with E-state index in [2.05, 4.69) is 26.1 Å². The number of carboxylic acid groups (broad SMARTS) is 1. The van der Waals surface area contributed by atoms with Crippen molar-refractivity contribution in [2.45, 2.75) is 65.0 Å². The van der Waals surface area contributed by atoms with E-state index in [0.717, 1.165) is 11.1 Å². The zero-order valence-corrected chi connectivity index (χ0v) is 19.4. The summed E-state index contributed by atoms with van der Waals surface area (Å²) in [6.45, 7) is 11.3. The molecule has 0 saturated heterocycles. The number of hydrogen-bond donors (Lipinski definition) is 2. The molecule has 168 valence electrons. The average molecular weight is 428 g/mol. The first-order valence-electron chi connectivity index (χ1n) is 10.3. The highest BCUT2D eigenvalue weighted by molar-refractivity contribution is 5.97. The van der Waals surface area contributed by atoms with Crippen LogP contribution in [0.2, 0.25) is 0 Å². The normalized spacial score (nSPS) is 12.7. The molecular weight excluding hydrogens is 394 g/mol. The number of carbonyl (C=O) groups excluding carboxylic acids is 1. The second-order valence-electron chi connectivity index (χ2n) is 9.31. The second kappa shape index (κ2) is 9.41. The lowest BCUT2D eigenvalue weighted by Gasteiger charge is -2.22. The van der Waals surface area contributed by atoms with Crippen LogP contribution in [0.25, 0.3) is 0 Å². The predicted molar refractivity (Wildman–Crippen MR) is 121 cm³/mol. The van der Waals surface area contributed by atoms with Gasteiger partial charge < -0.3 is 19.9 Å². The van der Waals surface area contributed by atoms with Crippen LogP contribution in [0.1, 0.15) is 63.0 Å². The van der Waals surface area contributed by atoms with Gasteiger partial charge in [0.15, 0.2) is 5.60 Å². The Balaban J connectivity index is 2.07. The van der Waals surface area contributed by atoms with Crippen LogP contribution >= 0.6 is 0 Å². The van der Waals surface area contributed by atoms with Crippen LogP contribution in [0.5, 0.6) is 11.5 Å². The number of rotatable bonds is 8. The van der Waals surface area contributed by atoms with E-state index in [9.17, 15) is 14.7 Å². The summed E-state index contributed by atoms with van der Waals surface area (Å²) in [4.78, 5) is 24.1. The molecule has 1 unspecified atom stereocenters. The first kappa shape index (κ1) is 24.3. The molecule has 1 amide bonds. The monoisotopic (exact) mass is 427 g/mol. The van der Waals surface area contributed by atoms with E-state index in [4.69, 9.17) is 9.47 Å². The Hall–Kier alpha value is -3.02. The Kier molecular flexibility index (Phi) is 7.37. The zero-order valence-electron chi connectivity index (χ0n) is 19.4. The van der Waals surface area contributed by atoms with Crippen LogP contribution < -0.4 is 14.8 Å². The van der Waals surface area contributed by atoms with Gasteiger partial charge in [0.25, 0.3) is 5.91 Å². The lowest BCUT2D eigenvalue weighted by Crippen LogP contribution is -2.37. The van der Waals surface area contributed by atoms with Crippen LogP contribution in [0.3, 0.4) is 0 Å². The molecule has 0 aromatic heterocycles. The zero-order chi connectivity index (χ0) is 23.4. The maximum atomic E-state index is 12.9. The van der Waals surface area contributed by atoms with Crippen LogP contribution in [0.15, 0.2) is 42.5 Å². The molecule has 0 aliphatic rings. The minimum Gasteiger partial charge on any atom is -0.496 e. The molecule has 31 heavy (non-hydrogen) atoms. The van der Waals surface area contributed by atoms with E-state index in [1.807, 2.05) is 37.3 Å². The van der Waals surface area contributed by atoms with Crippen molar-refractivity contribution < 1.29 is 24.2 Å². The van der Waals surface area contributed by atoms with Gasteiger partial charge in [-0.2, -0.15) is 0 Å². The van der Waals surface area contributed by atoms with Gasteiger partial charge in [-0.15, -0.1) is 0 Å². The number of aliphatic carboxylic acids is 1. The number of benzene rings is 2. The standard InChI is InChI=1S/C25H33NO5/c1-16(14-17-8-11-19(12-9-17)31-25(5,6)23(28)29)26-22(27)20-15-18(24(2,3)4)10-13-21(20)30-7/h8-13,15-16H,14H2,1-7H3,(H,26,27)(H,28,29). The molecule has 0 saturated carbocycles. The van der Waals surface area contributed by atoms with Crippen LogP contribution in [-0.4, -0.2) is 35.7 Å². The van der Waals surface area contributed by atoms with Crippen LogP contribution in [-0.2, 0) is 16.6 Å². The topological polar surface area (TPSA) is 84.9 Å². The quantitative estimate of drug-likeness (QED) is 0.643. The smallest absolute Gasteiger partial charge is 0.347 e. The molecular formula is C25H33NO5. The van der Waals surface area contributed by atoms with E-state index in [0.29, 0.717) is 23.5 Å². The van der Waals surface area contributed by atoms with Gasteiger partial charge in [-0.3, -0.25) is 4.79 Å². The lowest BCUT2D eigenvalue weighted by atomic mass is 9.86. The van der Waals surface area contributed by atoms with E-state index in [1.165, 1.54) is 13.8 Å². The van der Waals surface area contributed by atoms with E-state index in [-0.39, 0.29) is 17.4 Å². The molecule has 2 rings (SSSR count). The molecule has 6 nitrogen and oxygen atoms in total. The lowest BCUT2D eigenvalue weighted by molar-refractivity contribution is -0.152. The number of carbonyl (C=O) groups is 2. The highest BCUT2D eigenvalue weighted by Crippen LogP contribution is 2.28. The summed E-state index contributed by atoms with van der Waals surface area (Å²) in [6.07, 6.45) is 0.621. The molecule has 6 heteroatoms. The number of ether oxygens (including phenoxy) is 2. The van der Waals surface area contributed by atoms with Crippen molar-refractivity contribution in [3.63, 3.8) is 0 Å². The molecule has 1 atom stereocenters. The van der Waals surface area contributed by atoms with E-state index < -0.39 is 11.6 Å². The van der Waals surface area contributed by atoms with Gasteiger partial charge in [0.2, 0.25) is 0 Å². The fourth-order valence-electron chi connectivity index (χ4n) is 3.09. The van der Waals surface area contributed by atoms with Crippen molar-refractivity contribution in [1.29, 1.82) is 0 Å². The van der Waals surface area contributed by atoms with Crippen molar-refractivity contribution in [2.75, 3.05) is 7.11 Å². The Morgan fingerprint density at radius 3 is 2.16 bits per heavy atom. The summed E-state index contributed by atoms with van der Waals surface area (Å²) < 4.78 is 10.9. The van der Waals surface area contributed by atoms with Gasteiger partial charge in [0.1, 0.15) is 11.5 Å². The molecule has 0 aliphatic heterocycles. The van der Waals surface area contributed by atoms with Crippen molar-refractivity contribution in [3.05, 3.63) is 59.2 Å². The summed E-state index contributed by atoms with van der Waals surface area (Å²) in [5.74, 6) is -0.186. The fourth-order valence-corrected chi connectivity index (χ4v) is 3.09. The molecule has 0 spiro atoms. The minimum atomic E-state index is -1.30. The fraction of sp³-hybridized carbons (Fsp3) is 0.440. The Bertz CT molecular complexity index is 926. The molecule has 0 fully saturated rings. The predicted octanol–water partition coefficient (Wildman–Crippen LogP) is 4.60. The van der Waals surface area contributed by atoms with Crippen LogP contribution in [0.4, 0.5) is 0 Å². The largest absolute Gasteiger partial charge is 0.496 e. The SMILES string of the molecule is COc1ccc(C(C)(C)C)cc1C(=O)NC(C)Cc1ccc(OC(C)(C)C(=O)O)cc1. The second-order valence-corrected chi connectivity index (χ2v) is 9.31. The summed E-state index contributed by atoms with van der Waals surface area (Å²) in [6, 6.07) is 12.8. The maximum Gasteiger partial charge on any atom is 0.347 e. The number of hydrogen-bond acceptors (Lipinski definition) is 4. The molecule has 0 radical (unpaired) electrons. The Labute approximate surface area is 184 Å². The summed E-state index contributed by atoms with van der Waals surface area (Å²) in [7, 11) is 1.56. The van der Waals surface area contributed by atoms with Crippen molar-refractivity contribution in [1.82, 2.24) is 5.32 Å². The molecule has 2 aromatic rings. The first-order chi connectivity index (χ1) is 14.3. The van der Waals surface area contributed by atoms with Gasteiger partial charge in [-0.1, -0.05) is 39.0 Å². The molecule has 0 bridgehead atoms. The van der Waals surface area contributed by atoms with Crippen molar-refractivity contribution in [2.24, 2.45) is 0 Å². The molecule has 0 aliphatic carbocycles. The third kappa shape index (κ3) is 6.48. The minimum absolute atomic E-state index is 0.0774. The highest BCUT2D eigenvalue weighted by Gasteiger charge is 2.29. The van der Waals surface area contributed by atoms with Gasteiger partial charge in [0.05, 0.1) is 12.7 Å². The van der Waals surface area contributed by atoms with Crippen molar-refractivity contribution >= 4 is 11.9 Å². The average Bonchev–Trinajstić information content (AvgIpc) is 2.67. The number of carboxylic acids is 1. The first-order valence-corrected chi connectivity index (χ1v) is 10.3. The molecule has 2 aromatic carbocycles. The van der Waals surface area contributed by atoms with Crippen molar-refractivity contribution in [3.8, 4) is 11.5 Å². The van der Waals surface area contributed by atoms with Gasteiger partial charge in [-0.25, -0.2) is 4.79 Å². The van der Waals surface area contributed by atoms with Gasteiger partial charge >= 0.3 is 5.97 Å². The third-order valence-electron chi connectivity index (χ3n) is 5.04. The number of amides is 1. The Morgan fingerprint density at radius 2 is 1.65 bits per heavy atom. The summed E-state index contributed by atoms with van der Waals surface area (Å²) >= 11 is 0. The Morgan fingerprint density at radius 1 is 1.03 bits per heavy atom. The van der Waals surface area contributed by atoms with Gasteiger partial charge in [0, 0.05) is 6.04 Å². The van der Waals surface area contributed by atoms with Crippen LogP contribution in [0, 0.1) is 0 Å². The van der Waals surface area contributed by atoms with E-state index >= 15 is 0 Å².